The fourth-order valence-electron chi connectivity index (χ4n) is 1.33. The SMILES string of the molecule is CN(CCO)C(=O)Cc1ccc(CCl)cc1. The van der Waals surface area contributed by atoms with Crippen LogP contribution in [0.15, 0.2) is 24.3 Å². The van der Waals surface area contributed by atoms with Crippen molar-refractivity contribution in [1.82, 2.24) is 4.90 Å². The first-order valence-corrected chi connectivity index (χ1v) is 5.69. The lowest BCUT2D eigenvalue weighted by atomic mass is 10.1. The predicted molar refractivity (Wildman–Crippen MR) is 64.4 cm³/mol. The Morgan fingerprint density at radius 2 is 1.88 bits per heavy atom. The first-order chi connectivity index (χ1) is 7.67. The number of carbonyl (C=O) groups is 1. The van der Waals surface area contributed by atoms with Gasteiger partial charge in [-0.15, -0.1) is 11.6 Å². The minimum atomic E-state index is -0.00652. The molecule has 88 valence electrons. The van der Waals surface area contributed by atoms with Gasteiger partial charge in [-0.05, 0) is 11.1 Å². The van der Waals surface area contributed by atoms with Gasteiger partial charge in [-0.2, -0.15) is 0 Å². The Morgan fingerprint density at radius 1 is 1.31 bits per heavy atom. The van der Waals surface area contributed by atoms with Gasteiger partial charge in [0, 0.05) is 19.5 Å². The van der Waals surface area contributed by atoms with Gasteiger partial charge in [0.25, 0.3) is 0 Å². The van der Waals surface area contributed by atoms with E-state index in [1.54, 1.807) is 7.05 Å². The number of rotatable bonds is 5. The monoisotopic (exact) mass is 241 g/mol. The Morgan fingerprint density at radius 3 is 2.38 bits per heavy atom. The number of halogens is 1. The molecule has 0 saturated carbocycles. The Balaban J connectivity index is 2.55. The number of amides is 1. The number of benzene rings is 1. The van der Waals surface area contributed by atoms with Gasteiger partial charge in [0.05, 0.1) is 13.0 Å². The van der Waals surface area contributed by atoms with Crippen LogP contribution in [0.2, 0.25) is 0 Å². The van der Waals surface area contributed by atoms with Crippen LogP contribution < -0.4 is 0 Å². The lowest BCUT2D eigenvalue weighted by Crippen LogP contribution is -2.30. The highest BCUT2D eigenvalue weighted by Gasteiger charge is 2.08. The largest absolute Gasteiger partial charge is 0.395 e. The molecule has 0 bridgehead atoms. The fraction of sp³-hybridized carbons (Fsp3) is 0.417. The highest BCUT2D eigenvalue weighted by Crippen LogP contribution is 2.08. The molecule has 0 aliphatic heterocycles. The average Bonchev–Trinajstić information content (AvgIpc) is 2.30. The standard InChI is InChI=1S/C12H16ClNO2/c1-14(6-7-15)12(16)8-10-2-4-11(9-13)5-3-10/h2-5,15H,6-9H2,1H3. The van der Waals surface area contributed by atoms with Crippen molar-refractivity contribution in [3.05, 3.63) is 35.4 Å². The number of alkyl halides is 1. The van der Waals surface area contributed by atoms with E-state index < -0.39 is 0 Å². The van der Waals surface area contributed by atoms with Crippen molar-refractivity contribution < 1.29 is 9.90 Å². The molecule has 0 heterocycles. The smallest absolute Gasteiger partial charge is 0.226 e. The van der Waals surface area contributed by atoms with E-state index in [9.17, 15) is 4.79 Å². The molecule has 0 atom stereocenters. The van der Waals surface area contributed by atoms with Gasteiger partial charge in [0.1, 0.15) is 0 Å². The lowest BCUT2D eigenvalue weighted by molar-refractivity contribution is -0.129. The van der Waals surface area contributed by atoms with Crippen molar-refractivity contribution in [1.29, 1.82) is 0 Å². The van der Waals surface area contributed by atoms with E-state index in [1.807, 2.05) is 24.3 Å². The summed E-state index contributed by atoms with van der Waals surface area (Å²) < 4.78 is 0. The quantitative estimate of drug-likeness (QED) is 0.793. The molecule has 0 unspecified atom stereocenters. The van der Waals surface area contributed by atoms with Crippen LogP contribution in [0.25, 0.3) is 0 Å². The van der Waals surface area contributed by atoms with Crippen molar-refractivity contribution in [2.24, 2.45) is 0 Å². The number of aliphatic hydroxyl groups is 1. The summed E-state index contributed by atoms with van der Waals surface area (Å²) in [5.41, 5.74) is 2.00. The molecule has 1 N–H and O–H groups in total. The maximum atomic E-state index is 11.6. The number of nitrogens with zero attached hydrogens (tertiary/aromatic N) is 1. The van der Waals surface area contributed by atoms with Crippen molar-refractivity contribution >= 4 is 17.5 Å². The molecule has 0 saturated heterocycles. The maximum absolute atomic E-state index is 11.6. The number of likely N-dealkylation sites (N-methyl/N-ethyl adjacent to an activating group) is 1. The van der Waals surface area contributed by atoms with Crippen LogP contribution in [0.3, 0.4) is 0 Å². The third-order valence-electron chi connectivity index (χ3n) is 2.39. The topological polar surface area (TPSA) is 40.5 Å². The second kappa shape index (κ2) is 6.51. The predicted octanol–water partition coefficient (Wildman–Crippen LogP) is 1.42. The molecule has 0 aliphatic rings. The van der Waals surface area contributed by atoms with E-state index in [0.717, 1.165) is 11.1 Å². The summed E-state index contributed by atoms with van der Waals surface area (Å²) in [6.45, 7) is 0.367. The van der Waals surface area contributed by atoms with Crippen molar-refractivity contribution in [2.75, 3.05) is 20.2 Å². The first-order valence-electron chi connectivity index (χ1n) is 5.16. The average molecular weight is 242 g/mol. The van der Waals surface area contributed by atoms with Gasteiger partial charge < -0.3 is 10.0 Å². The van der Waals surface area contributed by atoms with Crippen molar-refractivity contribution in [3.8, 4) is 0 Å². The van der Waals surface area contributed by atoms with Crippen LogP contribution in [0, 0.1) is 0 Å². The second-order valence-electron chi connectivity index (χ2n) is 3.67. The Bertz CT molecular complexity index is 337. The summed E-state index contributed by atoms with van der Waals surface area (Å²) >= 11 is 5.67. The van der Waals surface area contributed by atoms with Gasteiger partial charge in [0.2, 0.25) is 5.91 Å². The summed E-state index contributed by atoms with van der Waals surface area (Å²) in [6.07, 6.45) is 0.360. The molecule has 0 aliphatic carbocycles. The third kappa shape index (κ3) is 3.83. The molecular weight excluding hydrogens is 226 g/mol. The molecule has 1 aromatic carbocycles. The van der Waals surface area contributed by atoms with Gasteiger partial charge in [0.15, 0.2) is 0 Å². The van der Waals surface area contributed by atoms with Crippen LogP contribution in [0.4, 0.5) is 0 Å². The highest BCUT2D eigenvalue weighted by atomic mass is 35.5. The maximum Gasteiger partial charge on any atom is 0.226 e. The zero-order chi connectivity index (χ0) is 12.0. The number of carbonyl (C=O) groups excluding carboxylic acids is 1. The highest BCUT2D eigenvalue weighted by molar-refractivity contribution is 6.17. The molecule has 0 radical (unpaired) electrons. The van der Waals surface area contributed by atoms with Crippen LogP contribution in [-0.2, 0) is 17.1 Å². The zero-order valence-electron chi connectivity index (χ0n) is 9.32. The summed E-state index contributed by atoms with van der Waals surface area (Å²) in [5, 5.41) is 8.71. The molecule has 16 heavy (non-hydrogen) atoms. The van der Waals surface area contributed by atoms with Gasteiger partial charge in [-0.25, -0.2) is 0 Å². The fourth-order valence-corrected chi connectivity index (χ4v) is 1.51. The molecule has 1 aromatic rings. The van der Waals surface area contributed by atoms with E-state index >= 15 is 0 Å². The second-order valence-corrected chi connectivity index (χ2v) is 3.93. The van der Waals surface area contributed by atoms with E-state index in [1.165, 1.54) is 4.90 Å². The van der Waals surface area contributed by atoms with Crippen LogP contribution in [-0.4, -0.2) is 36.1 Å². The lowest BCUT2D eigenvalue weighted by Gasteiger charge is -2.15. The summed E-state index contributed by atoms with van der Waals surface area (Å²) in [7, 11) is 1.69. The molecule has 0 fully saturated rings. The van der Waals surface area contributed by atoms with Crippen molar-refractivity contribution in [2.45, 2.75) is 12.3 Å². The van der Waals surface area contributed by atoms with E-state index in [0.29, 0.717) is 18.8 Å². The van der Waals surface area contributed by atoms with E-state index in [4.69, 9.17) is 16.7 Å². The Labute approximate surface area is 101 Å². The Kier molecular flexibility index (Phi) is 5.29. The summed E-state index contributed by atoms with van der Waals surface area (Å²) in [5.74, 6) is 0.492. The van der Waals surface area contributed by atoms with Gasteiger partial charge in [-0.1, -0.05) is 24.3 Å². The Hall–Kier alpha value is -1.06. The number of hydrogen-bond acceptors (Lipinski definition) is 2. The zero-order valence-corrected chi connectivity index (χ0v) is 10.1. The minimum absolute atomic E-state index is 0.00652. The molecule has 1 amide bonds. The molecule has 3 nitrogen and oxygen atoms in total. The molecule has 4 heteroatoms. The first kappa shape index (κ1) is 13.0. The molecule has 0 spiro atoms. The van der Waals surface area contributed by atoms with E-state index in [2.05, 4.69) is 0 Å². The summed E-state index contributed by atoms with van der Waals surface area (Å²) in [6, 6.07) is 7.65. The van der Waals surface area contributed by atoms with Crippen LogP contribution in [0.1, 0.15) is 11.1 Å². The third-order valence-corrected chi connectivity index (χ3v) is 2.70. The number of aliphatic hydroxyl groups excluding tert-OH is 1. The number of hydrogen-bond donors (Lipinski definition) is 1. The van der Waals surface area contributed by atoms with Gasteiger partial charge in [-0.3, -0.25) is 4.79 Å². The van der Waals surface area contributed by atoms with Crippen LogP contribution in [0.5, 0.6) is 0 Å². The van der Waals surface area contributed by atoms with E-state index in [-0.39, 0.29) is 12.5 Å². The van der Waals surface area contributed by atoms with Crippen molar-refractivity contribution in [3.63, 3.8) is 0 Å². The molecule has 0 aromatic heterocycles. The normalized spacial score (nSPS) is 10.2. The molecular formula is C12H16ClNO2. The minimum Gasteiger partial charge on any atom is -0.395 e. The summed E-state index contributed by atoms with van der Waals surface area (Å²) in [4.78, 5) is 13.2. The van der Waals surface area contributed by atoms with Crippen LogP contribution >= 0.6 is 11.6 Å². The van der Waals surface area contributed by atoms with Gasteiger partial charge >= 0.3 is 0 Å². The molecule has 1 rings (SSSR count).